The van der Waals surface area contributed by atoms with Crippen molar-refractivity contribution in [2.45, 2.75) is 39.0 Å². The highest BCUT2D eigenvalue weighted by molar-refractivity contribution is 5.92. The second kappa shape index (κ2) is 11.0. The second-order valence-electron chi connectivity index (χ2n) is 8.18. The maximum Gasteiger partial charge on any atom is 0.268 e. The van der Waals surface area contributed by atoms with E-state index in [2.05, 4.69) is 15.6 Å². The summed E-state index contributed by atoms with van der Waals surface area (Å²) in [5.41, 5.74) is 2.65. The molecule has 0 fully saturated rings. The molecule has 1 heterocycles. The monoisotopic (exact) mass is 455 g/mol. The lowest BCUT2D eigenvalue weighted by Gasteiger charge is -2.25. The number of pyridine rings is 1. The lowest BCUT2D eigenvalue weighted by molar-refractivity contribution is 0.0825. The predicted octanol–water partition coefficient (Wildman–Crippen LogP) is 2.76. The SMILES string of the molecule is Cc1cccc(CNC[C@@H](O)[C@H](Cc2cc(F)cc(F)c2)NC(=O)c2cc(C)cc(=O)[nH]2)c1. The van der Waals surface area contributed by atoms with E-state index in [0.717, 1.165) is 29.3 Å². The van der Waals surface area contributed by atoms with Crippen molar-refractivity contribution in [1.29, 1.82) is 0 Å². The summed E-state index contributed by atoms with van der Waals surface area (Å²) in [4.78, 5) is 26.9. The van der Waals surface area contributed by atoms with Gasteiger partial charge in [-0.15, -0.1) is 0 Å². The van der Waals surface area contributed by atoms with Gasteiger partial charge in [0.1, 0.15) is 17.3 Å². The van der Waals surface area contributed by atoms with Crippen LogP contribution in [-0.2, 0) is 13.0 Å². The zero-order valence-corrected chi connectivity index (χ0v) is 18.5. The van der Waals surface area contributed by atoms with Crippen LogP contribution in [0.15, 0.2) is 59.4 Å². The normalized spacial score (nSPS) is 12.9. The Bertz CT molecular complexity index is 1160. The van der Waals surface area contributed by atoms with Crippen LogP contribution in [0.3, 0.4) is 0 Å². The summed E-state index contributed by atoms with van der Waals surface area (Å²) in [6.45, 7) is 4.29. The zero-order valence-electron chi connectivity index (χ0n) is 18.5. The molecule has 0 saturated carbocycles. The van der Waals surface area contributed by atoms with Gasteiger partial charge >= 0.3 is 0 Å². The van der Waals surface area contributed by atoms with Gasteiger partial charge in [0.15, 0.2) is 0 Å². The molecule has 0 spiro atoms. The summed E-state index contributed by atoms with van der Waals surface area (Å²) in [5.74, 6) is -2.09. The number of hydrogen-bond donors (Lipinski definition) is 4. The van der Waals surface area contributed by atoms with Crippen molar-refractivity contribution >= 4 is 5.91 Å². The molecular formula is C25H27F2N3O3. The second-order valence-corrected chi connectivity index (χ2v) is 8.18. The molecule has 8 heteroatoms. The number of nitrogens with one attached hydrogen (secondary N) is 3. The largest absolute Gasteiger partial charge is 0.390 e. The molecule has 2 aromatic carbocycles. The average Bonchev–Trinajstić information content (AvgIpc) is 2.71. The number of aromatic amines is 1. The van der Waals surface area contributed by atoms with E-state index in [4.69, 9.17) is 0 Å². The van der Waals surface area contributed by atoms with E-state index < -0.39 is 35.2 Å². The van der Waals surface area contributed by atoms with Crippen molar-refractivity contribution in [2.75, 3.05) is 6.54 Å². The summed E-state index contributed by atoms with van der Waals surface area (Å²) in [6.07, 6.45) is -1.08. The molecule has 0 saturated heterocycles. The molecule has 4 N–H and O–H groups in total. The summed E-state index contributed by atoms with van der Waals surface area (Å²) in [6, 6.07) is 13.0. The Balaban J connectivity index is 1.74. The van der Waals surface area contributed by atoms with E-state index in [1.807, 2.05) is 31.2 Å². The number of aromatic nitrogens is 1. The molecule has 0 aliphatic heterocycles. The highest BCUT2D eigenvalue weighted by atomic mass is 19.1. The summed E-state index contributed by atoms with van der Waals surface area (Å²) in [7, 11) is 0. The molecule has 0 aliphatic carbocycles. The Morgan fingerprint density at radius 3 is 2.39 bits per heavy atom. The van der Waals surface area contributed by atoms with Crippen molar-refractivity contribution in [1.82, 2.24) is 15.6 Å². The van der Waals surface area contributed by atoms with E-state index in [1.165, 1.54) is 12.1 Å². The first-order valence-corrected chi connectivity index (χ1v) is 10.6. The summed E-state index contributed by atoms with van der Waals surface area (Å²) < 4.78 is 27.4. The first kappa shape index (κ1) is 24.3. The fourth-order valence-corrected chi connectivity index (χ4v) is 3.64. The van der Waals surface area contributed by atoms with Crippen molar-refractivity contribution in [3.63, 3.8) is 0 Å². The third-order valence-corrected chi connectivity index (χ3v) is 5.16. The molecule has 0 aliphatic rings. The minimum Gasteiger partial charge on any atom is -0.390 e. The molecule has 3 rings (SSSR count). The minimum atomic E-state index is -1.07. The number of carbonyl (C=O) groups is 1. The molecule has 0 radical (unpaired) electrons. The van der Waals surface area contributed by atoms with Gasteiger partial charge in [-0.2, -0.15) is 0 Å². The van der Waals surface area contributed by atoms with Crippen LogP contribution >= 0.6 is 0 Å². The van der Waals surface area contributed by atoms with Crippen molar-refractivity contribution in [2.24, 2.45) is 0 Å². The lowest BCUT2D eigenvalue weighted by atomic mass is 10.00. The number of aliphatic hydroxyl groups is 1. The Morgan fingerprint density at radius 1 is 1.00 bits per heavy atom. The number of hydrogen-bond acceptors (Lipinski definition) is 4. The fourth-order valence-electron chi connectivity index (χ4n) is 3.64. The molecule has 6 nitrogen and oxygen atoms in total. The van der Waals surface area contributed by atoms with Gasteiger partial charge in [-0.25, -0.2) is 8.78 Å². The topological polar surface area (TPSA) is 94.2 Å². The number of halogens is 2. The number of aliphatic hydroxyl groups excluding tert-OH is 1. The maximum atomic E-state index is 13.7. The third-order valence-electron chi connectivity index (χ3n) is 5.16. The first-order valence-electron chi connectivity index (χ1n) is 10.6. The number of rotatable bonds is 9. The number of aryl methyl sites for hydroxylation is 2. The molecule has 2 atom stereocenters. The molecule has 0 bridgehead atoms. The van der Waals surface area contributed by atoms with E-state index in [0.29, 0.717) is 12.1 Å². The molecule has 1 aromatic heterocycles. The van der Waals surface area contributed by atoms with E-state index in [-0.39, 0.29) is 24.2 Å². The van der Waals surface area contributed by atoms with Crippen molar-refractivity contribution in [3.05, 3.63) is 105 Å². The van der Waals surface area contributed by atoms with E-state index in [9.17, 15) is 23.5 Å². The highest BCUT2D eigenvalue weighted by Crippen LogP contribution is 2.13. The smallest absolute Gasteiger partial charge is 0.268 e. The molecular weight excluding hydrogens is 428 g/mol. The third kappa shape index (κ3) is 7.34. The molecule has 174 valence electrons. The summed E-state index contributed by atoms with van der Waals surface area (Å²) in [5, 5.41) is 16.6. The van der Waals surface area contributed by atoms with Crippen LogP contribution in [0.25, 0.3) is 0 Å². The van der Waals surface area contributed by atoms with Crippen LogP contribution in [0.4, 0.5) is 8.78 Å². The quantitative estimate of drug-likeness (QED) is 0.399. The van der Waals surface area contributed by atoms with Gasteiger partial charge in [-0.05, 0) is 55.2 Å². The Hall–Kier alpha value is -3.36. The van der Waals surface area contributed by atoms with Crippen LogP contribution < -0.4 is 16.2 Å². The van der Waals surface area contributed by atoms with Crippen LogP contribution in [-0.4, -0.2) is 34.7 Å². The summed E-state index contributed by atoms with van der Waals surface area (Å²) >= 11 is 0. The molecule has 3 aromatic rings. The van der Waals surface area contributed by atoms with Crippen LogP contribution in [0.5, 0.6) is 0 Å². The Labute approximate surface area is 190 Å². The number of benzene rings is 2. The van der Waals surface area contributed by atoms with Crippen LogP contribution in [0, 0.1) is 25.5 Å². The van der Waals surface area contributed by atoms with Crippen LogP contribution in [0.2, 0.25) is 0 Å². The van der Waals surface area contributed by atoms with E-state index in [1.54, 1.807) is 6.92 Å². The number of amides is 1. The average molecular weight is 456 g/mol. The van der Waals surface area contributed by atoms with Crippen molar-refractivity contribution in [3.8, 4) is 0 Å². The predicted molar refractivity (Wildman–Crippen MR) is 122 cm³/mol. The Kier molecular flexibility index (Phi) is 8.08. The standard InChI is InChI=1S/C25H27F2N3O3/c1-15-4-3-5-17(6-15)13-28-14-23(31)21(11-18-9-19(26)12-20(27)10-18)30-25(33)22-7-16(2)8-24(32)29-22/h3-10,12,21,23,28,31H,11,13-14H2,1-2H3,(H,29,32)(H,30,33)/t21-,23+/m0/s1. The van der Waals surface area contributed by atoms with E-state index >= 15 is 0 Å². The minimum absolute atomic E-state index is 0.0102. The molecule has 33 heavy (non-hydrogen) atoms. The van der Waals surface area contributed by atoms with Gasteiger partial charge in [-0.3, -0.25) is 9.59 Å². The maximum absolute atomic E-state index is 13.7. The molecule has 1 amide bonds. The first-order chi connectivity index (χ1) is 15.7. The van der Waals surface area contributed by atoms with Gasteiger partial charge in [-0.1, -0.05) is 29.8 Å². The number of carbonyl (C=O) groups excluding carboxylic acids is 1. The Morgan fingerprint density at radius 2 is 1.73 bits per heavy atom. The van der Waals surface area contributed by atoms with Crippen LogP contribution in [0.1, 0.15) is 32.7 Å². The van der Waals surface area contributed by atoms with Gasteiger partial charge in [0.05, 0.1) is 12.1 Å². The van der Waals surface area contributed by atoms with Gasteiger partial charge in [0, 0.05) is 25.2 Å². The highest BCUT2D eigenvalue weighted by Gasteiger charge is 2.23. The zero-order chi connectivity index (χ0) is 24.0. The van der Waals surface area contributed by atoms with Gasteiger partial charge < -0.3 is 20.7 Å². The lowest BCUT2D eigenvalue weighted by Crippen LogP contribution is -2.49. The number of H-pyrrole nitrogens is 1. The van der Waals surface area contributed by atoms with Gasteiger partial charge in [0.25, 0.3) is 5.91 Å². The van der Waals surface area contributed by atoms with Crippen molar-refractivity contribution < 1.29 is 18.7 Å². The molecule has 0 unspecified atom stereocenters. The fraction of sp³-hybridized carbons (Fsp3) is 0.280. The van der Waals surface area contributed by atoms with Gasteiger partial charge in [0.2, 0.25) is 5.56 Å².